The summed E-state index contributed by atoms with van der Waals surface area (Å²) in [7, 11) is 0. The van der Waals surface area contributed by atoms with Crippen molar-refractivity contribution in [1.29, 1.82) is 0 Å². The van der Waals surface area contributed by atoms with Crippen LogP contribution in [-0.2, 0) is 22.7 Å². The summed E-state index contributed by atoms with van der Waals surface area (Å²) in [5.41, 5.74) is 1.73. The molecule has 1 N–H and O–H groups in total. The van der Waals surface area contributed by atoms with Crippen molar-refractivity contribution in [3.8, 4) is 11.5 Å². The number of ether oxygens (including phenoxy) is 2. The van der Waals surface area contributed by atoms with Gasteiger partial charge in [-0.1, -0.05) is 6.07 Å². The number of benzene rings is 1. The van der Waals surface area contributed by atoms with E-state index >= 15 is 0 Å². The molecule has 0 spiro atoms. The summed E-state index contributed by atoms with van der Waals surface area (Å²) < 4.78 is 12.4. The first-order valence-corrected chi connectivity index (χ1v) is 8.55. The fraction of sp³-hybridized carbons (Fsp3) is 0.389. The second kappa shape index (κ2) is 6.36. The molecular weight excluding hydrogens is 336 g/mol. The molecule has 26 heavy (non-hydrogen) atoms. The monoisotopic (exact) mass is 356 g/mol. The van der Waals surface area contributed by atoms with Crippen molar-refractivity contribution in [1.82, 2.24) is 15.1 Å². The topological polar surface area (TPSA) is 85.7 Å². The minimum atomic E-state index is -0.619. The first-order valence-electron chi connectivity index (χ1n) is 8.55. The van der Waals surface area contributed by atoms with Crippen molar-refractivity contribution >= 4 is 17.6 Å². The van der Waals surface area contributed by atoms with Crippen LogP contribution in [0.1, 0.15) is 24.6 Å². The lowest BCUT2D eigenvalue weighted by molar-refractivity contribution is -0.126. The standard InChI is InChI=1S/C18H20N4O4/c1-11-7-16-21(20-11)6-5-17(23)22(16)12(2)18(24)19-9-13-3-4-14-15(8-13)26-10-25-14/h3-4,7-8,12H,5-6,9-10H2,1-2H3,(H,19,24)/t12-/m1/s1. The van der Waals surface area contributed by atoms with Crippen LogP contribution in [0.5, 0.6) is 11.5 Å². The van der Waals surface area contributed by atoms with Gasteiger partial charge in [0.2, 0.25) is 18.6 Å². The number of aryl methyl sites for hydroxylation is 2. The molecule has 0 radical (unpaired) electrons. The van der Waals surface area contributed by atoms with Gasteiger partial charge in [-0.2, -0.15) is 5.10 Å². The maximum absolute atomic E-state index is 12.6. The van der Waals surface area contributed by atoms with Gasteiger partial charge in [-0.3, -0.25) is 14.5 Å². The number of amides is 2. The van der Waals surface area contributed by atoms with E-state index in [0.29, 0.717) is 36.8 Å². The molecule has 0 bridgehead atoms. The van der Waals surface area contributed by atoms with Gasteiger partial charge >= 0.3 is 0 Å². The second-order valence-corrected chi connectivity index (χ2v) is 6.46. The lowest BCUT2D eigenvalue weighted by Crippen LogP contribution is -2.50. The summed E-state index contributed by atoms with van der Waals surface area (Å²) in [5, 5.41) is 7.26. The zero-order valence-electron chi connectivity index (χ0n) is 14.7. The Kier molecular flexibility index (Phi) is 4.02. The minimum Gasteiger partial charge on any atom is -0.454 e. The van der Waals surface area contributed by atoms with Gasteiger partial charge in [0.25, 0.3) is 0 Å². The van der Waals surface area contributed by atoms with E-state index in [1.54, 1.807) is 11.6 Å². The molecule has 3 heterocycles. The average molecular weight is 356 g/mol. The van der Waals surface area contributed by atoms with Crippen LogP contribution < -0.4 is 19.7 Å². The Balaban J connectivity index is 1.45. The highest BCUT2D eigenvalue weighted by Crippen LogP contribution is 2.32. The summed E-state index contributed by atoms with van der Waals surface area (Å²) in [6.07, 6.45) is 0.341. The molecular formula is C18H20N4O4. The van der Waals surface area contributed by atoms with Crippen LogP contribution in [0.3, 0.4) is 0 Å². The molecule has 2 aliphatic rings. The van der Waals surface area contributed by atoms with Crippen molar-refractivity contribution in [2.75, 3.05) is 11.7 Å². The highest BCUT2D eigenvalue weighted by Gasteiger charge is 2.33. The summed E-state index contributed by atoms with van der Waals surface area (Å²) in [6, 6.07) is 6.76. The number of aromatic nitrogens is 2. The van der Waals surface area contributed by atoms with Gasteiger partial charge in [0.05, 0.1) is 12.2 Å². The van der Waals surface area contributed by atoms with Gasteiger partial charge in [-0.25, -0.2) is 4.68 Å². The highest BCUT2D eigenvalue weighted by molar-refractivity contribution is 6.00. The Hall–Kier alpha value is -3.03. The molecule has 0 saturated carbocycles. The molecule has 0 saturated heterocycles. The third-order valence-electron chi connectivity index (χ3n) is 4.60. The number of anilines is 1. The van der Waals surface area contributed by atoms with Crippen LogP contribution >= 0.6 is 0 Å². The highest BCUT2D eigenvalue weighted by atomic mass is 16.7. The molecule has 1 aromatic carbocycles. The summed E-state index contributed by atoms with van der Waals surface area (Å²) in [4.78, 5) is 26.5. The van der Waals surface area contributed by atoms with E-state index in [4.69, 9.17) is 9.47 Å². The minimum absolute atomic E-state index is 0.0665. The smallest absolute Gasteiger partial charge is 0.243 e. The molecule has 136 valence electrons. The Labute approximate surface area is 150 Å². The van der Waals surface area contributed by atoms with E-state index in [0.717, 1.165) is 11.3 Å². The molecule has 2 aromatic rings. The van der Waals surface area contributed by atoms with Gasteiger partial charge in [-0.05, 0) is 31.5 Å². The number of nitrogens with one attached hydrogen (secondary N) is 1. The van der Waals surface area contributed by atoms with Crippen molar-refractivity contribution < 1.29 is 19.1 Å². The molecule has 8 heteroatoms. The molecule has 0 unspecified atom stereocenters. The van der Waals surface area contributed by atoms with E-state index < -0.39 is 6.04 Å². The number of rotatable bonds is 4. The van der Waals surface area contributed by atoms with E-state index in [2.05, 4.69) is 10.4 Å². The summed E-state index contributed by atoms with van der Waals surface area (Å²) in [5.74, 6) is 1.77. The molecule has 2 aliphatic heterocycles. The molecule has 0 aliphatic carbocycles. The lowest BCUT2D eigenvalue weighted by atomic mass is 10.1. The number of carbonyl (C=O) groups excluding carboxylic acids is 2. The van der Waals surface area contributed by atoms with Crippen molar-refractivity contribution in [3.63, 3.8) is 0 Å². The third kappa shape index (κ3) is 2.87. The van der Waals surface area contributed by atoms with Crippen LogP contribution in [0.4, 0.5) is 5.82 Å². The fourth-order valence-corrected chi connectivity index (χ4v) is 3.26. The quantitative estimate of drug-likeness (QED) is 0.894. The number of nitrogens with zero attached hydrogens (tertiary/aromatic N) is 3. The molecule has 1 atom stereocenters. The van der Waals surface area contributed by atoms with Gasteiger partial charge in [0, 0.05) is 19.0 Å². The summed E-state index contributed by atoms with van der Waals surface area (Å²) >= 11 is 0. The van der Waals surface area contributed by atoms with Crippen molar-refractivity contribution in [2.45, 2.75) is 39.4 Å². The Bertz CT molecular complexity index is 876. The van der Waals surface area contributed by atoms with Crippen LogP contribution in [0.2, 0.25) is 0 Å². The fourth-order valence-electron chi connectivity index (χ4n) is 3.26. The predicted molar refractivity (Wildman–Crippen MR) is 92.9 cm³/mol. The number of hydrogen-bond donors (Lipinski definition) is 1. The average Bonchev–Trinajstić information content (AvgIpc) is 3.23. The second-order valence-electron chi connectivity index (χ2n) is 6.46. The van der Waals surface area contributed by atoms with E-state index in [1.807, 2.05) is 31.2 Å². The molecule has 8 nitrogen and oxygen atoms in total. The van der Waals surface area contributed by atoms with Crippen molar-refractivity contribution in [3.05, 3.63) is 35.5 Å². The molecule has 4 rings (SSSR count). The predicted octanol–water partition coefficient (Wildman–Crippen LogP) is 1.36. The zero-order chi connectivity index (χ0) is 18.3. The molecule has 2 amide bonds. The third-order valence-corrected chi connectivity index (χ3v) is 4.60. The normalized spacial score (nSPS) is 16.4. The SMILES string of the molecule is Cc1cc2n(n1)CCC(=O)N2[C@H](C)C(=O)NCc1ccc2c(c1)OCO2. The van der Waals surface area contributed by atoms with E-state index in [9.17, 15) is 9.59 Å². The Morgan fingerprint density at radius 1 is 1.31 bits per heavy atom. The molecule has 0 fully saturated rings. The Morgan fingerprint density at radius 2 is 2.12 bits per heavy atom. The van der Waals surface area contributed by atoms with Crippen LogP contribution in [0.25, 0.3) is 0 Å². The van der Waals surface area contributed by atoms with Gasteiger partial charge in [-0.15, -0.1) is 0 Å². The van der Waals surface area contributed by atoms with E-state index in [-0.39, 0.29) is 18.6 Å². The maximum Gasteiger partial charge on any atom is 0.243 e. The van der Waals surface area contributed by atoms with Crippen molar-refractivity contribution in [2.24, 2.45) is 0 Å². The summed E-state index contributed by atoms with van der Waals surface area (Å²) in [6.45, 7) is 4.71. The molecule has 1 aromatic heterocycles. The van der Waals surface area contributed by atoms with Gasteiger partial charge in [0.1, 0.15) is 11.9 Å². The first-order chi connectivity index (χ1) is 12.5. The van der Waals surface area contributed by atoms with Gasteiger partial charge in [0.15, 0.2) is 11.5 Å². The lowest BCUT2D eigenvalue weighted by Gasteiger charge is -2.31. The number of fused-ring (bicyclic) bond motifs is 2. The van der Waals surface area contributed by atoms with Crippen LogP contribution in [0.15, 0.2) is 24.3 Å². The number of hydrogen-bond acceptors (Lipinski definition) is 5. The van der Waals surface area contributed by atoms with Crippen LogP contribution in [0, 0.1) is 6.92 Å². The zero-order valence-corrected chi connectivity index (χ0v) is 14.7. The number of carbonyl (C=O) groups is 2. The van der Waals surface area contributed by atoms with Crippen LogP contribution in [-0.4, -0.2) is 34.4 Å². The largest absolute Gasteiger partial charge is 0.454 e. The van der Waals surface area contributed by atoms with E-state index in [1.165, 1.54) is 4.90 Å². The maximum atomic E-state index is 12.6. The van der Waals surface area contributed by atoms with Gasteiger partial charge < -0.3 is 14.8 Å². The Morgan fingerprint density at radius 3 is 2.96 bits per heavy atom. The first kappa shape index (κ1) is 16.4.